The standard InChI is InChI=1S/C21H22N4O2S/c26-19(9-8-18-22-17-10-15-28-20(17)21(27)23-18)25-13-11-24(12-14-25)16-6-4-2-1-3-5-7-16/h1-7,10,15H,8-9,11-14H2,(H,22,23,27)/b2-1-,3-1?,4-2?,5-3-,6-4-,7-5?,16-6?,16-7+. The average Bonchev–Trinajstić information content (AvgIpc) is 3.15. The maximum absolute atomic E-state index is 12.6. The van der Waals surface area contributed by atoms with Gasteiger partial charge in [0.05, 0.1) is 5.52 Å². The molecule has 1 N–H and O–H groups in total. The molecule has 6 nitrogen and oxygen atoms in total. The summed E-state index contributed by atoms with van der Waals surface area (Å²) in [6.07, 6.45) is 15.1. The summed E-state index contributed by atoms with van der Waals surface area (Å²) in [5, 5.41) is 1.86. The summed E-state index contributed by atoms with van der Waals surface area (Å²) in [7, 11) is 0. The molecule has 3 heterocycles. The highest BCUT2D eigenvalue weighted by atomic mass is 32.1. The van der Waals surface area contributed by atoms with Gasteiger partial charge in [-0.25, -0.2) is 4.98 Å². The largest absolute Gasteiger partial charge is 0.368 e. The molecule has 0 atom stereocenters. The van der Waals surface area contributed by atoms with Crippen molar-refractivity contribution in [3.63, 3.8) is 0 Å². The Hall–Kier alpha value is -2.93. The van der Waals surface area contributed by atoms with E-state index in [1.54, 1.807) is 0 Å². The molecule has 0 radical (unpaired) electrons. The first-order valence-corrected chi connectivity index (χ1v) is 10.3. The van der Waals surface area contributed by atoms with E-state index in [4.69, 9.17) is 0 Å². The molecule has 2 aromatic heterocycles. The molecular formula is C21H22N4O2S. The smallest absolute Gasteiger partial charge is 0.268 e. The fourth-order valence-corrected chi connectivity index (χ4v) is 4.13. The molecule has 0 bridgehead atoms. The van der Waals surface area contributed by atoms with Crippen molar-refractivity contribution in [1.82, 2.24) is 19.8 Å². The normalized spacial score (nSPS) is 22.2. The van der Waals surface area contributed by atoms with Gasteiger partial charge >= 0.3 is 0 Å². The molecule has 28 heavy (non-hydrogen) atoms. The minimum atomic E-state index is -0.125. The van der Waals surface area contributed by atoms with Crippen molar-refractivity contribution in [2.75, 3.05) is 26.2 Å². The number of H-pyrrole nitrogens is 1. The summed E-state index contributed by atoms with van der Waals surface area (Å²) in [5.74, 6) is 0.685. The van der Waals surface area contributed by atoms with E-state index < -0.39 is 0 Å². The molecule has 2 aliphatic rings. The Balaban J connectivity index is 1.32. The zero-order valence-electron chi connectivity index (χ0n) is 15.5. The van der Waals surface area contributed by atoms with Crippen LogP contribution in [0.4, 0.5) is 0 Å². The third-order valence-corrected chi connectivity index (χ3v) is 5.82. The summed E-state index contributed by atoms with van der Waals surface area (Å²) < 4.78 is 0.633. The van der Waals surface area contributed by atoms with Crippen LogP contribution in [0.1, 0.15) is 12.2 Å². The van der Waals surface area contributed by atoms with E-state index in [1.807, 2.05) is 46.7 Å². The third-order valence-electron chi connectivity index (χ3n) is 4.92. The Morgan fingerprint density at radius 1 is 1.11 bits per heavy atom. The maximum atomic E-state index is 12.6. The number of nitrogens with zero attached hydrogens (tertiary/aromatic N) is 3. The molecule has 4 rings (SSSR count). The summed E-state index contributed by atoms with van der Waals surface area (Å²) >= 11 is 1.38. The summed E-state index contributed by atoms with van der Waals surface area (Å²) in [6.45, 7) is 3.04. The van der Waals surface area contributed by atoms with Crippen molar-refractivity contribution in [2.45, 2.75) is 12.8 Å². The molecule has 0 spiro atoms. The van der Waals surface area contributed by atoms with Crippen molar-refractivity contribution >= 4 is 27.5 Å². The quantitative estimate of drug-likeness (QED) is 0.866. The van der Waals surface area contributed by atoms with Crippen LogP contribution in [0, 0.1) is 0 Å². The molecule has 0 aromatic carbocycles. The van der Waals surface area contributed by atoms with Gasteiger partial charge in [0, 0.05) is 44.7 Å². The van der Waals surface area contributed by atoms with Gasteiger partial charge < -0.3 is 14.8 Å². The Morgan fingerprint density at radius 2 is 1.89 bits per heavy atom. The van der Waals surface area contributed by atoms with Crippen LogP contribution in [0.3, 0.4) is 0 Å². The predicted molar refractivity (Wildman–Crippen MR) is 112 cm³/mol. The van der Waals surface area contributed by atoms with E-state index >= 15 is 0 Å². The fourth-order valence-electron chi connectivity index (χ4n) is 3.40. The van der Waals surface area contributed by atoms with E-state index in [-0.39, 0.29) is 11.5 Å². The zero-order chi connectivity index (χ0) is 19.3. The van der Waals surface area contributed by atoms with Crippen molar-refractivity contribution in [3.05, 3.63) is 75.9 Å². The van der Waals surface area contributed by atoms with E-state index in [1.165, 1.54) is 17.0 Å². The van der Waals surface area contributed by atoms with E-state index in [0.29, 0.717) is 42.0 Å². The SMILES string of the molecule is O=C(CCc1nc2ccsc2c(=O)[nH]1)N1CCN(C2=C/C=C\C=C/C=C\2)CC1. The van der Waals surface area contributed by atoms with Crippen LogP contribution >= 0.6 is 11.3 Å². The average molecular weight is 395 g/mol. The van der Waals surface area contributed by atoms with Gasteiger partial charge in [0.15, 0.2) is 0 Å². The number of carbonyl (C=O) groups is 1. The number of aromatic nitrogens is 2. The summed E-state index contributed by atoms with van der Waals surface area (Å²) in [5.41, 5.74) is 1.74. The topological polar surface area (TPSA) is 69.3 Å². The number of hydrogen-bond donors (Lipinski definition) is 1. The Labute approximate surface area is 167 Å². The molecule has 0 saturated carbocycles. The van der Waals surface area contributed by atoms with Crippen LogP contribution in [0.25, 0.3) is 10.2 Å². The number of allylic oxidation sites excluding steroid dienone is 7. The Bertz CT molecular complexity index is 1040. The number of thiophene rings is 1. The number of nitrogens with one attached hydrogen (secondary N) is 1. The molecule has 1 aliphatic heterocycles. The van der Waals surface area contributed by atoms with Crippen molar-refractivity contribution in [2.24, 2.45) is 0 Å². The summed E-state index contributed by atoms with van der Waals surface area (Å²) in [4.78, 5) is 36.1. The first-order chi connectivity index (χ1) is 13.7. The minimum absolute atomic E-state index is 0.109. The molecule has 7 heteroatoms. The summed E-state index contributed by atoms with van der Waals surface area (Å²) in [6, 6.07) is 1.84. The second-order valence-corrected chi connectivity index (χ2v) is 7.65. The lowest BCUT2D eigenvalue weighted by molar-refractivity contribution is -0.132. The maximum Gasteiger partial charge on any atom is 0.268 e. The van der Waals surface area contributed by atoms with Gasteiger partial charge in [0.25, 0.3) is 5.56 Å². The molecule has 1 aliphatic carbocycles. The zero-order valence-corrected chi connectivity index (χ0v) is 16.3. The van der Waals surface area contributed by atoms with Gasteiger partial charge in [-0.2, -0.15) is 0 Å². The second kappa shape index (κ2) is 8.39. The van der Waals surface area contributed by atoms with Crippen molar-refractivity contribution < 1.29 is 4.79 Å². The lowest BCUT2D eigenvalue weighted by atomic mass is 10.2. The monoisotopic (exact) mass is 394 g/mol. The number of piperazine rings is 1. The highest BCUT2D eigenvalue weighted by Gasteiger charge is 2.21. The number of hydrogen-bond acceptors (Lipinski definition) is 5. The van der Waals surface area contributed by atoms with Crippen LogP contribution in [0.2, 0.25) is 0 Å². The van der Waals surface area contributed by atoms with Crippen LogP contribution in [0.15, 0.2) is 64.5 Å². The molecule has 0 unspecified atom stereocenters. The van der Waals surface area contributed by atoms with Crippen molar-refractivity contribution in [3.8, 4) is 0 Å². The molecule has 2 aromatic rings. The van der Waals surface area contributed by atoms with E-state index in [9.17, 15) is 9.59 Å². The molecule has 1 fully saturated rings. The number of aromatic amines is 1. The van der Waals surface area contributed by atoms with Gasteiger partial charge in [-0.1, -0.05) is 30.4 Å². The highest BCUT2D eigenvalue weighted by molar-refractivity contribution is 7.17. The first-order valence-electron chi connectivity index (χ1n) is 9.41. The molecule has 144 valence electrons. The molecule has 1 saturated heterocycles. The molecule has 1 amide bonds. The van der Waals surface area contributed by atoms with E-state index in [0.717, 1.165) is 13.1 Å². The predicted octanol–water partition coefficient (Wildman–Crippen LogP) is 2.63. The highest BCUT2D eigenvalue weighted by Crippen LogP contribution is 2.15. The second-order valence-electron chi connectivity index (χ2n) is 6.74. The Morgan fingerprint density at radius 3 is 2.75 bits per heavy atom. The lowest BCUT2D eigenvalue weighted by Crippen LogP contribution is -2.48. The third kappa shape index (κ3) is 4.14. The van der Waals surface area contributed by atoms with Gasteiger partial charge in [0.2, 0.25) is 5.91 Å². The number of rotatable bonds is 4. The van der Waals surface area contributed by atoms with Gasteiger partial charge in [0.1, 0.15) is 10.5 Å². The minimum Gasteiger partial charge on any atom is -0.368 e. The number of aryl methyl sites for hydroxylation is 1. The number of amides is 1. The van der Waals surface area contributed by atoms with Crippen LogP contribution in [-0.4, -0.2) is 51.9 Å². The Kier molecular flexibility index (Phi) is 5.53. The van der Waals surface area contributed by atoms with Crippen LogP contribution < -0.4 is 5.56 Å². The van der Waals surface area contributed by atoms with Crippen LogP contribution in [-0.2, 0) is 11.2 Å². The molecular weight excluding hydrogens is 372 g/mol. The van der Waals surface area contributed by atoms with Gasteiger partial charge in [-0.15, -0.1) is 11.3 Å². The lowest BCUT2D eigenvalue weighted by Gasteiger charge is -2.36. The fraction of sp³-hybridized carbons (Fsp3) is 0.286. The van der Waals surface area contributed by atoms with Crippen molar-refractivity contribution in [1.29, 1.82) is 0 Å². The number of fused-ring (bicyclic) bond motifs is 1. The first kappa shape index (κ1) is 18.4. The van der Waals surface area contributed by atoms with E-state index in [2.05, 4.69) is 27.0 Å². The van der Waals surface area contributed by atoms with Crippen LogP contribution in [0.5, 0.6) is 0 Å². The number of carbonyl (C=O) groups excluding carboxylic acids is 1. The van der Waals surface area contributed by atoms with Gasteiger partial charge in [-0.05, 0) is 23.6 Å². The van der Waals surface area contributed by atoms with Gasteiger partial charge in [-0.3, -0.25) is 9.59 Å².